The Kier molecular flexibility index (Phi) is 6.63. The van der Waals surface area contributed by atoms with E-state index >= 15 is 0 Å². The molecule has 1 atom stereocenters. The van der Waals surface area contributed by atoms with Crippen LogP contribution in [-0.2, 0) is 10.0 Å². The number of aromatic hydroxyl groups is 2. The molecule has 1 fully saturated rings. The van der Waals surface area contributed by atoms with Crippen molar-refractivity contribution in [3.8, 4) is 34.1 Å². The summed E-state index contributed by atoms with van der Waals surface area (Å²) in [6, 6.07) is 12.3. The minimum Gasteiger partial charge on any atom is -0.504 e. The summed E-state index contributed by atoms with van der Waals surface area (Å²) in [6.07, 6.45) is 4.98. The summed E-state index contributed by atoms with van der Waals surface area (Å²) < 4.78 is 29.8. The molecule has 0 bridgehead atoms. The second-order valence-corrected chi connectivity index (χ2v) is 12.4. The molecule has 0 unspecified atom stereocenters. The van der Waals surface area contributed by atoms with Crippen LogP contribution in [0.4, 0.5) is 5.95 Å². The summed E-state index contributed by atoms with van der Waals surface area (Å²) in [7, 11) is -3.66. The smallest absolute Gasteiger partial charge is 0.243 e. The number of halogens is 1. The van der Waals surface area contributed by atoms with Gasteiger partial charge in [-0.2, -0.15) is 4.31 Å². The Bertz CT molecular complexity index is 1770. The number of phenolic OH excluding ortho intramolecular Hbond substituents is 2. The molecule has 1 aliphatic heterocycles. The lowest BCUT2D eigenvalue weighted by atomic mass is 10.1. The third-order valence-corrected chi connectivity index (χ3v) is 9.47. The number of hydrogen-bond acceptors (Lipinski definition) is 9. The number of nitrogens with one attached hydrogen (secondary N) is 1. The molecule has 0 amide bonds. The molecule has 2 aromatic carbocycles. The average molecular weight is 583 g/mol. The maximum Gasteiger partial charge on any atom is 0.243 e. The van der Waals surface area contributed by atoms with E-state index in [2.05, 4.69) is 10.3 Å². The third-order valence-electron chi connectivity index (χ3n) is 6.58. The molecule has 0 radical (unpaired) electrons. The predicted octanol–water partition coefficient (Wildman–Crippen LogP) is 4.85. The molecule has 3 aromatic heterocycles. The van der Waals surface area contributed by atoms with Crippen molar-refractivity contribution in [2.24, 2.45) is 0 Å². The van der Waals surface area contributed by atoms with Crippen molar-refractivity contribution >= 4 is 43.9 Å². The molecule has 5 aromatic rings. The van der Waals surface area contributed by atoms with Gasteiger partial charge in [0.05, 0.1) is 16.3 Å². The predicted molar refractivity (Wildman–Crippen MR) is 150 cm³/mol. The molecular weight excluding hydrogens is 560 g/mol. The lowest BCUT2D eigenvalue weighted by Crippen LogP contribution is -2.45. The van der Waals surface area contributed by atoms with Crippen molar-refractivity contribution < 1.29 is 18.6 Å². The van der Waals surface area contributed by atoms with Gasteiger partial charge in [-0.25, -0.2) is 23.4 Å². The fourth-order valence-corrected chi connectivity index (χ4v) is 7.04. The molecule has 0 spiro atoms. The molecule has 1 aliphatic rings. The lowest BCUT2D eigenvalue weighted by Gasteiger charge is -2.32. The number of aromatic nitrogens is 4. The van der Waals surface area contributed by atoms with E-state index in [-0.39, 0.29) is 29.0 Å². The largest absolute Gasteiger partial charge is 0.504 e. The molecule has 6 rings (SSSR count). The van der Waals surface area contributed by atoms with Gasteiger partial charge in [0.1, 0.15) is 5.69 Å². The van der Waals surface area contributed by atoms with Crippen molar-refractivity contribution in [2.75, 3.05) is 18.4 Å². The Morgan fingerprint density at radius 2 is 1.87 bits per heavy atom. The summed E-state index contributed by atoms with van der Waals surface area (Å²) in [6.45, 7) is 0.705. The van der Waals surface area contributed by atoms with Gasteiger partial charge in [-0.15, -0.1) is 11.3 Å². The Morgan fingerprint density at radius 1 is 1.05 bits per heavy atom. The number of phenols is 2. The highest BCUT2D eigenvalue weighted by atomic mass is 35.5. The number of benzene rings is 2. The van der Waals surface area contributed by atoms with Crippen LogP contribution in [0.3, 0.4) is 0 Å². The number of fused-ring (bicyclic) bond motifs is 1. The maximum atomic E-state index is 13.2. The Balaban J connectivity index is 1.28. The molecule has 200 valence electrons. The highest BCUT2D eigenvalue weighted by molar-refractivity contribution is 7.89. The van der Waals surface area contributed by atoms with Crippen LogP contribution >= 0.6 is 22.9 Å². The maximum absolute atomic E-state index is 13.2. The highest BCUT2D eigenvalue weighted by Crippen LogP contribution is 2.37. The first-order chi connectivity index (χ1) is 18.8. The molecule has 0 aliphatic carbocycles. The van der Waals surface area contributed by atoms with Crippen LogP contribution in [0.15, 0.2) is 71.2 Å². The van der Waals surface area contributed by atoms with Crippen LogP contribution < -0.4 is 5.32 Å². The van der Waals surface area contributed by atoms with Crippen LogP contribution in [0.1, 0.15) is 12.8 Å². The Hall–Kier alpha value is -3.71. The molecule has 0 saturated carbocycles. The van der Waals surface area contributed by atoms with Crippen molar-refractivity contribution in [1.29, 1.82) is 0 Å². The van der Waals surface area contributed by atoms with Crippen molar-refractivity contribution in [3.63, 3.8) is 0 Å². The second-order valence-electron chi connectivity index (χ2n) is 9.13. The van der Waals surface area contributed by atoms with E-state index in [1.165, 1.54) is 39.9 Å². The number of rotatable bonds is 6. The van der Waals surface area contributed by atoms with Crippen LogP contribution in [-0.4, -0.2) is 61.4 Å². The fraction of sp³-hybridized carbons (Fsp3) is 0.192. The molecule has 1 saturated heterocycles. The van der Waals surface area contributed by atoms with Crippen molar-refractivity contribution in [2.45, 2.75) is 23.8 Å². The molecule has 10 nitrogen and oxygen atoms in total. The minimum absolute atomic E-state index is 0.184. The van der Waals surface area contributed by atoms with Gasteiger partial charge in [0, 0.05) is 47.5 Å². The standard InChI is InChI=1S/C26H23ClN6O4S2/c27-17-4-6-19(7-5-17)39(36,37)32-11-1-2-18(15-32)29-25-28-10-9-20(30-25)24-23(31-26-33(24)12-13-38-26)16-3-8-21(34)22(35)14-16/h3-10,12-14,18,34-35H,1-2,11,15H2,(H,28,29,30)/t18-/m1/s1. The van der Waals surface area contributed by atoms with E-state index in [0.717, 1.165) is 11.4 Å². The first-order valence-electron chi connectivity index (χ1n) is 12.1. The van der Waals surface area contributed by atoms with E-state index < -0.39 is 10.0 Å². The third kappa shape index (κ3) is 4.91. The Labute approximate surface area is 233 Å². The van der Waals surface area contributed by atoms with Crippen LogP contribution in [0, 0.1) is 0 Å². The van der Waals surface area contributed by atoms with Gasteiger partial charge in [0.15, 0.2) is 16.5 Å². The summed E-state index contributed by atoms with van der Waals surface area (Å²) >= 11 is 7.40. The second kappa shape index (κ2) is 10.1. The SMILES string of the molecule is O=S(=O)(c1ccc(Cl)cc1)N1CCC[C@@H](Nc2nccc(-c3c(-c4ccc(O)c(O)c4)nc4sccn34)n2)C1. The summed E-state index contributed by atoms with van der Waals surface area (Å²) in [4.78, 5) is 14.8. The van der Waals surface area contributed by atoms with Gasteiger partial charge >= 0.3 is 0 Å². The number of sulfonamides is 1. The highest BCUT2D eigenvalue weighted by Gasteiger charge is 2.30. The minimum atomic E-state index is -3.66. The number of piperidine rings is 1. The number of thiazole rings is 1. The summed E-state index contributed by atoms with van der Waals surface area (Å²) in [5.41, 5.74) is 2.53. The Morgan fingerprint density at radius 3 is 2.67 bits per heavy atom. The molecular formula is C26H23ClN6O4S2. The zero-order chi connectivity index (χ0) is 27.1. The summed E-state index contributed by atoms with van der Waals surface area (Å²) in [5, 5.41) is 25.5. The van der Waals surface area contributed by atoms with Crippen LogP contribution in [0.5, 0.6) is 11.5 Å². The van der Waals surface area contributed by atoms with Gasteiger partial charge in [-0.1, -0.05) is 11.6 Å². The van der Waals surface area contributed by atoms with Gasteiger partial charge in [-0.3, -0.25) is 4.40 Å². The normalized spacial score (nSPS) is 16.5. The monoisotopic (exact) mass is 582 g/mol. The first kappa shape index (κ1) is 25.6. The van der Waals surface area contributed by atoms with E-state index in [1.807, 2.05) is 16.0 Å². The number of nitrogens with zero attached hydrogens (tertiary/aromatic N) is 5. The van der Waals surface area contributed by atoms with Gasteiger partial charge in [-0.05, 0) is 61.4 Å². The molecule has 3 N–H and O–H groups in total. The zero-order valence-corrected chi connectivity index (χ0v) is 22.8. The van der Waals surface area contributed by atoms with Gasteiger partial charge < -0.3 is 15.5 Å². The first-order valence-corrected chi connectivity index (χ1v) is 14.8. The molecule has 39 heavy (non-hydrogen) atoms. The van der Waals surface area contributed by atoms with Gasteiger partial charge in [0.25, 0.3) is 0 Å². The van der Waals surface area contributed by atoms with E-state index in [1.54, 1.807) is 30.5 Å². The number of anilines is 1. The molecule has 13 heteroatoms. The lowest BCUT2D eigenvalue weighted by molar-refractivity contribution is 0.326. The van der Waals surface area contributed by atoms with Crippen LogP contribution in [0.2, 0.25) is 5.02 Å². The van der Waals surface area contributed by atoms with E-state index in [4.69, 9.17) is 21.6 Å². The quantitative estimate of drug-likeness (QED) is 0.242. The number of imidazole rings is 1. The topological polar surface area (TPSA) is 133 Å². The fourth-order valence-electron chi connectivity index (χ4n) is 4.68. The number of hydrogen-bond donors (Lipinski definition) is 3. The average Bonchev–Trinajstić information content (AvgIpc) is 3.52. The zero-order valence-electron chi connectivity index (χ0n) is 20.4. The van der Waals surface area contributed by atoms with Gasteiger partial charge in [0.2, 0.25) is 16.0 Å². The van der Waals surface area contributed by atoms with Crippen molar-refractivity contribution in [3.05, 3.63) is 71.3 Å². The molecule has 4 heterocycles. The van der Waals surface area contributed by atoms with Crippen molar-refractivity contribution in [1.82, 2.24) is 23.7 Å². The summed E-state index contributed by atoms with van der Waals surface area (Å²) in [5.74, 6) is -0.0855. The van der Waals surface area contributed by atoms with E-state index in [9.17, 15) is 18.6 Å². The van der Waals surface area contributed by atoms with E-state index in [0.29, 0.717) is 46.6 Å². The van der Waals surface area contributed by atoms with Crippen LogP contribution in [0.25, 0.3) is 27.6 Å².